The van der Waals surface area contributed by atoms with Crippen molar-refractivity contribution in [1.29, 1.82) is 0 Å². The molecule has 0 aliphatic heterocycles. The zero-order valence-corrected chi connectivity index (χ0v) is 12.1. The third kappa shape index (κ3) is 5.16. The van der Waals surface area contributed by atoms with Gasteiger partial charge in [-0.1, -0.05) is 12.6 Å². The average molecular weight is 261 g/mol. The van der Waals surface area contributed by atoms with Crippen molar-refractivity contribution in [3.63, 3.8) is 0 Å². The topological polar surface area (TPSA) is 38.3 Å². The van der Waals surface area contributed by atoms with E-state index < -0.39 is 0 Å². The van der Waals surface area contributed by atoms with E-state index in [4.69, 9.17) is 4.74 Å². The van der Waals surface area contributed by atoms with E-state index in [1.165, 1.54) is 22.8 Å². The van der Waals surface area contributed by atoms with E-state index in [1.807, 2.05) is 0 Å². The molecule has 3 nitrogen and oxygen atoms in total. The maximum absolute atomic E-state index is 10.9. The van der Waals surface area contributed by atoms with Gasteiger partial charge in [0.2, 0.25) is 5.91 Å². The Balaban J connectivity index is 2.30. The Morgan fingerprint density at radius 3 is 2.74 bits per heavy atom. The van der Waals surface area contributed by atoms with E-state index in [0.717, 1.165) is 18.6 Å². The number of benzene rings is 1. The largest absolute Gasteiger partial charge is 0.493 e. The van der Waals surface area contributed by atoms with Crippen LogP contribution in [0.15, 0.2) is 24.8 Å². The number of hydrogen-bond acceptors (Lipinski definition) is 2. The van der Waals surface area contributed by atoms with Crippen LogP contribution in [0.5, 0.6) is 5.75 Å². The molecule has 0 saturated heterocycles. The summed E-state index contributed by atoms with van der Waals surface area (Å²) in [5.41, 5.74) is 3.68. The van der Waals surface area contributed by atoms with Gasteiger partial charge >= 0.3 is 0 Å². The molecule has 0 saturated carbocycles. The number of aryl methyl sites for hydroxylation is 2. The Morgan fingerprint density at radius 2 is 2.05 bits per heavy atom. The maximum atomic E-state index is 10.9. The van der Waals surface area contributed by atoms with Crippen molar-refractivity contribution in [1.82, 2.24) is 5.32 Å². The first-order valence-corrected chi connectivity index (χ1v) is 6.65. The molecule has 3 heteroatoms. The van der Waals surface area contributed by atoms with Crippen molar-refractivity contribution in [3.05, 3.63) is 41.5 Å². The van der Waals surface area contributed by atoms with Gasteiger partial charge in [0.05, 0.1) is 6.61 Å². The summed E-state index contributed by atoms with van der Waals surface area (Å²) in [6.07, 6.45) is 3.11. The molecular weight excluding hydrogens is 238 g/mol. The molecule has 0 aliphatic rings. The lowest BCUT2D eigenvalue weighted by atomic mass is 10.1. The summed E-state index contributed by atoms with van der Waals surface area (Å²) in [5, 5.41) is 2.75. The van der Waals surface area contributed by atoms with Crippen molar-refractivity contribution in [3.8, 4) is 5.75 Å². The molecule has 0 radical (unpaired) electrons. The molecule has 1 amide bonds. The van der Waals surface area contributed by atoms with E-state index in [0.29, 0.717) is 13.2 Å². The van der Waals surface area contributed by atoms with Crippen molar-refractivity contribution >= 4 is 5.91 Å². The standard InChI is InChI=1S/C16H23NO2/c1-5-16(18)17-8-6-7-9-19-15-11-12(2)10-13(3)14(15)4/h5,10-11H,1,6-9H2,2-4H3,(H,17,18). The first-order valence-electron chi connectivity index (χ1n) is 6.65. The van der Waals surface area contributed by atoms with Gasteiger partial charge < -0.3 is 10.1 Å². The molecule has 0 atom stereocenters. The van der Waals surface area contributed by atoms with Gasteiger partial charge in [-0.15, -0.1) is 0 Å². The number of hydrogen-bond donors (Lipinski definition) is 1. The minimum Gasteiger partial charge on any atom is -0.493 e. The highest BCUT2D eigenvalue weighted by molar-refractivity contribution is 5.86. The summed E-state index contributed by atoms with van der Waals surface area (Å²) in [4.78, 5) is 10.9. The fraction of sp³-hybridized carbons (Fsp3) is 0.438. The van der Waals surface area contributed by atoms with Crippen LogP contribution < -0.4 is 10.1 Å². The first kappa shape index (κ1) is 15.3. The molecule has 1 aromatic rings. The number of carbonyl (C=O) groups excluding carboxylic acids is 1. The second-order valence-electron chi connectivity index (χ2n) is 4.76. The molecule has 0 heterocycles. The highest BCUT2D eigenvalue weighted by Crippen LogP contribution is 2.23. The van der Waals surface area contributed by atoms with Gasteiger partial charge in [0, 0.05) is 6.54 Å². The van der Waals surface area contributed by atoms with Crippen LogP contribution in [0, 0.1) is 20.8 Å². The van der Waals surface area contributed by atoms with Gasteiger partial charge in [0.1, 0.15) is 5.75 Å². The van der Waals surface area contributed by atoms with Crippen LogP contribution in [0.2, 0.25) is 0 Å². The highest BCUT2D eigenvalue weighted by atomic mass is 16.5. The van der Waals surface area contributed by atoms with E-state index in [2.05, 4.69) is 44.8 Å². The summed E-state index contributed by atoms with van der Waals surface area (Å²) in [5.74, 6) is 0.846. The van der Waals surface area contributed by atoms with Crippen LogP contribution in [-0.2, 0) is 4.79 Å². The van der Waals surface area contributed by atoms with E-state index in [-0.39, 0.29) is 5.91 Å². The molecule has 1 N–H and O–H groups in total. The molecule has 0 spiro atoms. The van der Waals surface area contributed by atoms with E-state index in [9.17, 15) is 4.79 Å². The smallest absolute Gasteiger partial charge is 0.243 e. The predicted molar refractivity (Wildman–Crippen MR) is 78.6 cm³/mol. The Hall–Kier alpha value is -1.77. The van der Waals surface area contributed by atoms with Crippen LogP contribution in [-0.4, -0.2) is 19.1 Å². The van der Waals surface area contributed by atoms with Gasteiger partial charge in [-0.3, -0.25) is 4.79 Å². The van der Waals surface area contributed by atoms with E-state index in [1.54, 1.807) is 0 Å². The molecule has 1 rings (SSSR count). The number of carbonyl (C=O) groups is 1. The summed E-state index contributed by atoms with van der Waals surface area (Å²) >= 11 is 0. The monoisotopic (exact) mass is 261 g/mol. The number of amides is 1. The van der Waals surface area contributed by atoms with Crippen molar-refractivity contribution in [2.45, 2.75) is 33.6 Å². The fourth-order valence-corrected chi connectivity index (χ4v) is 1.84. The van der Waals surface area contributed by atoms with Gasteiger partial charge in [0.15, 0.2) is 0 Å². The van der Waals surface area contributed by atoms with Crippen LogP contribution in [0.4, 0.5) is 0 Å². The number of rotatable bonds is 7. The Bertz CT molecular complexity index is 452. The van der Waals surface area contributed by atoms with Crippen molar-refractivity contribution in [2.75, 3.05) is 13.2 Å². The molecule has 19 heavy (non-hydrogen) atoms. The Labute approximate surface area is 115 Å². The second kappa shape index (κ2) is 7.62. The van der Waals surface area contributed by atoms with Crippen LogP contribution in [0.1, 0.15) is 29.5 Å². The molecule has 0 bridgehead atoms. The SMILES string of the molecule is C=CC(=O)NCCCCOc1cc(C)cc(C)c1C. The lowest BCUT2D eigenvalue weighted by Crippen LogP contribution is -2.22. The number of nitrogens with one attached hydrogen (secondary N) is 1. The summed E-state index contributed by atoms with van der Waals surface area (Å²) in [6, 6.07) is 4.23. The number of ether oxygens (including phenoxy) is 1. The number of unbranched alkanes of at least 4 members (excludes halogenated alkanes) is 1. The molecule has 0 aromatic heterocycles. The lowest BCUT2D eigenvalue weighted by Gasteiger charge is -2.12. The molecule has 0 unspecified atom stereocenters. The molecule has 0 fully saturated rings. The zero-order valence-electron chi connectivity index (χ0n) is 12.1. The lowest BCUT2D eigenvalue weighted by molar-refractivity contribution is -0.116. The van der Waals surface area contributed by atoms with Crippen LogP contribution >= 0.6 is 0 Å². The minimum absolute atomic E-state index is 0.119. The molecule has 1 aromatic carbocycles. The highest BCUT2D eigenvalue weighted by Gasteiger charge is 2.03. The first-order chi connectivity index (χ1) is 9.04. The maximum Gasteiger partial charge on any atom is 0.243 e. The third-order valence-corrected chi connectivity index (χ3v) is 3.08. The average Bonchev–Trinajstić information content (AvgIpc) is 2.38. The van der Waals surface area contributed by atoms with Gasteiger partial charge in [-0.05, 0) is 62.4 Å². The molecular formula is C16H23NO2. The normalized spacial score (nSPS) is 10.1. The van der Waals surface area contributed by atoms with E-state index >= 15 is 0 Å². The third-order valence-electron chi connectivity index (χ3n) is 3.08. The van der Waals surface area contributed by atoms with Gasteiger partial charge in [0.25, 0.3) is 0 Å². The Kier molecular flexibility index (Phi) is 6.13. The summed E-state index contributed by atoms with van der Waals surface area (Å²) in [7, 11) is 0. The zero-order chi connectivity index (χ0) is 14.3. The summed E-state index contributed by atoms with van der Waals surface area (Å²) < 4.78 is 5.80. The van der Waals surface area contributed by atoms with Crippen LogP contribution in [0.3, 0.4) is 0 Å². The molecule has 0 aliphatic carbocycles. The van der Waals surface area contributed by atoms with Gasteiger partial charge in [-0.25, -0.2) is 0 Å². The van der Waals surface area contributed by atoms with Gasteiger partial charge in [-0.2, -0.15) is 0 Å². The summed E-state index contributed by atoms with van der Waals surface area (Å²) in [6.45, 7) is 11.0. The quantitative estimate of drug-likeness (QED) is 0.605. The van der Waals surface area contributed by atoms with Crippen LogP contribution in [0.25, 0.3) is 0 Å². The predicted octanol–water partition coefficient (Wildman–Crippen LogP) is 3.07. The second-order valence-corrected chi connectivity index (χ2v) is 4.76. The minimum atomic E-state index is -0.119. The van der Waals surface area contributed by atoms with Crippen molar-refractivity contribution < 1.29 is 9.53 Å². The Morgan fingerprint density at radius 1 is 1.32 bits per heavy atom. The van der Waals surface area contributed by atoms with Crippen molar-refractivity contribution in [2.24, 2.45) is 0 Å². The fourth-order valence-electron chi connectivity index (χ4n) is 1.84. The molecule has 104 valence electrons.